The number of hydrogen-bond donors (Lipinski definition) is 0. The fraction of sp³-hybridized carbons (Fsp3) is 0.923. The molecular formula is C13H25N5S. The zero-order valence-electron chi connectivity index (χ0n) is 12.2. The zero-order chi connectivity index (χ0) is 13.7. The minimum absolute atomic E-state index is 0.282. The molecule has 19 heavy (non-hydrogen) atoms. The number of hydrogen-bond acceptors (Lipinski definition) is 5. The van der Waals surface area contributed by atoms with Gasteiger partial charge in [-0.1, -0.05) is 19.3 Å². The van der Waals surface area contributed by atoms with Gasteiger partial charge in [0.05, 0.1) is 12.1 Å². The van der Waals surface area contributed by atoms with Crippen molar-refractivity contribution < 1.29 is 0 Å². The van der Waals surface area contributed by atoms with E-state index in [1.807, 2.05) is 11.8 Å². The Morgan fingerprint density at radius 2 is 2.11 bits per heavy atom. The lowest BCUT2D eigenvalue weighted by molar-refractivity contribution is 0.240. The van der Waals surface area contributed by atoms with E-state index in [4.69, 9.17) is 0 Å². The van der Waals surface area contributed by atoms with Crippen LogP contribution in [-0.4, -0.2) is 50.7 Å². The molecule has 1 heterocycles. The van der Waals surface area contributed by atoms with Crippen LogP contribution in [0.5, 0.6) is 0 Å². The zero-order valence-corrected chi connectivity index (χ0v) is 13.1. The van der Waals surface area contributed by atoms with Crippen molar-refractivity contribution >= 4 is 11.8 Å². The van der Waals surface area contributed by atoms with Crippen LogP contribution in [0.15, 0.2) is 0 Å². The Bertz CT molecular complexity index is 375. The average molecular weight is 283 g/mol. The molecule has 0 amide bonds. The highest BCUT2D eigenvalue weighted by Crippen LogP contribution is 2.29. The molecule has 1 atom stereocenters. The summed E-state index contributed by atoms with van der Waals surface area (Å²) < 4.78 is 2.08. The summed E-state index contributed by atoms with van der Waals surface area (Å²) in [6, 6.07) is 0.791. The molecule has 0 aromatic carbocycles. The topological polar surface area (TPSA) is 46.8 Å². The number of thioether (sulfide) groups is 1. The van der Waals surface area contributed by atoms with E-state index in [-0.39, 0.29) is 6.04 Å². The van der Waals surface area contributed by atoms with Crippen LogP contribution in [0.3, 0.4) is 0 Å². The molecule has 0 spiro atoms. The Hall–Kier alpha value is -0.620. The first-order valence-electron chi connectivity index (χ1n) is 7.21. The van der Waals surface area contributed by atoms with Crippen molar-refractivity contribution in [2.75, 3.05) is 25.6 Å². The number of tetrazole rings is 1. The number of rotatable bonds is 6. The second-order valence-electron chi connectivity index (χ2n) is 5.42. The molecule has 0 N–H and O–H groups in total. The molecular weight excluding hydrogens is 258 g/mol. The Morgan fingerprint density at radius 3 is 2.79 bits per heavy atom. The van der Waals surface area contributed by atoms with Gasteiger partial charge in [-0.15, -0.1) is 5.10 Å². The maximum atomic E-state index is 4.27. The summed E-state index contributed by atoms with van der Waals surface area (Å²) in [5.74, 6) is 2.17. The lowest BCUT2D eigenvalue weighted by atomic mass is 9.95. The van der Waals surface area contributed by atoms with Gasteiger partial charge in [0.1, 0.15) is 0 Å². The van der Waals surface area contributed by atoms with Crippen molar-refractivity contribution in [3.8, 4) is 0 Å². The Morgan fingerprint density at radius 1 is 1.37 bits per heavy atom. The van der Waals surface area contributed by atoms with Crippen LogP contribution in [0.2, 0.25) is 0 Å². The summed E-state index contributed by atoms with van der Waals surface area (Å²) >= 11 is 1.88. The molecule has 1 aromatic rings. The van der Waals surface area contributed by atoms with Crippen LogP contribution in [0, 0.1) is 0 Å². The van der Waals surface area contributed by atoms with Crippen LogP contribution in [0.4, 0.5) is 0 Å². The molecule has 0 bridgehead atoms. The Balaban J connectivity index is 2.05. The van der Waals surface area contributed by atoms with Crippen LogP contribution in [0.25, 0.3) is 0 Å². The Labute approximate surface area is 120 Å². The van der Waals surface area contributed by atoms with Crippen molar-refractivity contribution in [3.05, 3.63) is 5.82 Å². The van der Waals surface area contributed by atoms with Gasteiger partial charge in [-0.05, 0) is 43.5 Å². The molecule has 0 aliphatic heterocycles. The molecule has 0 saturated heterocycles. The van der Waals surface area contributed by atoms with Crippen molar-refractivity contribution in [3.63, 3.8) is 0 Å². The predicted molar refractivity (Wildman–Crippen MR) is 79.4 cm³/mol. The molecule has 1 saturated carbocycles. The summed E-state index contributed by atoms with van der Waals surface area (Å²) in [4.78, 5) is 2.33. The summed E-state index contributed by atoms with van der Waals surface area (Å²) in [7, 11) is 2.15. The molecule has 1 aliphatic carbocycles. The van der Waals surface area contributed by atoms with Gasteiger partial charge in [0.25, 0.3) is 0 Å². The predicted octanol–water partition coefficient (Wildman–Crippen LogP) is 2.53. The molecule has 5 nitrogen and oxygen atoms in total. The van der Waals surface area contributed by atoms with Crippen molar-refractivity contribution in [2.24, 2.45) is 0 Å². The van der Waals surface area contributed by atoms with Gasteiger partial charge < -0.3 is 0 Å². The number of aromatic nitrogens is 4. The van der Waals surface area contributed by atoms with Crippen molar-refractivity contribution in [2.45, 2.75) is 51.1 Å². The summed E-state index contributed by atoms with van der Waals surface area (Å²) in [6.45, 7) is 3.27. The van der Waals surface area contributed by atoms with Crippen molar-refractivity contribution in [1.29, 1.82) is 0 Å². The third-order valence-electron chi connectivity index (χ3n) is 4.12. The van der Waals surface area contributed by atoms with E-state index < -0.39 is 0 Å². The van der Waals surface area contributed by atoms with Gasteiger partial charge >= 0.3 is 0 Å². The van der Waals surface area contributed by atoms with Gasteiger partial charge in [0, 0.05) is 12.3 Å². The van der Waals surface area contributed by atoms with Gasteiger partial charge in [-0.2, -0.15) is 11.8 Å². The first kappa shape index (κ1) is 14.8. The monoisotopic (exact) mass is 283 g/mol. The normalized spacial score (nSPS) is 18.9. The lowest BCUT2D eigenvalue weighted by Crippen LogP contribution is -2.29. The molecule has 1 fully saturated rings. The molecule has 1 unspecified atom stereocenters. The summed E-state index contributed by atoms with van der Waals surface area (Å²) in [6.07, 6.45) is 8.56. The van der Waals surface area contributed by atoms with Crippen LogP contribution >= 0.6 is 11.8 Å². The minimum atomic E-state index is 0.282. The third kappa shape index (κ3) is 3.69. The molecule has 1 aliphatic rings. The quantitative estimate of drug-likeness (QED) is 0.803. The average Bonchev–Trinajstić information content (AvgIpc) is 2.94. The Kier molecular flexibility index (Phi) is 5.63. The van der Waals surface area contributed by atoms with Crippen LogP contribution in [-0.2, 0) is 0 Å². The molecule has 0 radical (unpaired) electrons. The highest BCUT2D eigenvalue weighted by atomic mass is 32.2. The molecule has 1 aromatic heterocycles. The van der Waals surface area contributed by atoms with E-state index in [9.17, 15) is 0 Å². The second-order valence-corrected chi connectivity index (χ2v) is 6.41. The molecule has 6 heteroatoms. The van der Waals surface area contributed by atoms with E-state index in [1.54, 1.807) is 0 Å². The van der Waals surface area contributed by atoms with Crippen LogP contribution in [0.1, 0.15) is 56.9 Å². The van der Waals surface area contributed by atoms with E-state index in [0.717, 1.165) is 18.1 Å². The van der Waals surface area contributed by atoms with Gasteiger partial charge in [-0.3, -0.25) is 4.90 Å². The maximum absolute atomic E-state index is 4.27. The first-order chi connectivity index (χ1) is 9.24. The van der Waals surface area contributed by atoms with Gasteiger partial charge in [0.15, 0.2) is 5.82 Å². The summed E-state index contributed by atoms with van der Waals surface area (Å²) in [5, 5.41) is 12.4. The van der Waals surface area contributed by atoms with E-state index >= 15 is 0 Å². The standard InChI is InChI=1S/C13H25N5S/c1-11(17(2)9-10-19-3)13-14-15-16-18(13)12-7-5-4-6-8-12/h11-12H,4-10H2,1-3H3. The maximum Gasteiger partial charge on any atom is 0.168 e. The largest absolute Gasteiger partial charge is 0.296 e. The molecule has 108 valence electrons. The summed E-state index contributed by atoms with van der Waals surface area (Å²) in [5.41, 5.74) is 0. The van der Waals surface area contributed by atoms with E-state index in [1.165, 1.54) is 32.1 Å². The molecule has 2 rings (SSSR count). The fourth-order valence-electron chi connectivity index (χ4n) is 2.69. The SMILES string of the molecule is CSCCN(C)C(C)c1nnnn1C1CCCCC1. The van der Waals surface area contributed by atoms with Crippen LogP contribution < -0.4 is 0 Å². The number of nitrogens with zero attached hydrogens (tertiary/aromatic N) is 5. The highest BCUT2D eigenvalue weighted by Gasteiger charge is 2.24. The van der Waals surface area contributed by atoms with E-state index in [0.29, 0.717) is 6.04 Å². The van der Waals surface area contributed by atoms with Gasteiger partial charge in [0.2, 0.25) is 0 Å². The smallest absolute Gasteiger partial charge is 0.168 e. The van der Waals surface area contributed by atoms with E-state index in [2.05, 4.69) is 45.3 Å². The van der Waals surface area contributed by atoms with Crippen molar-refractivity contribution in [1.82, 2.24) is 25.1 Å². The lowest BCUT2D eigenvalue weighted by Gasteiger charge is -2.27. The first-order valence-corrected chi connectivity index (χ1v) is 8.60. The third-order valence-corrected chi connectivity index (χ3v) is 4.71. The highest BCUT2D eigenvalue weighted by molar-refractivity contribution is 7.98. The minimum Gasteiger partial charge on any atom is -0.296 e. The fourth-order valence-corrected chi connectivity index (χ4v) is 3.16. The second kappa shape index (κ2) is 7.24. The van der Waals surface area contributed by atoms with Gasteiger partial charge in [-0.25, -0.2) is 4.68 Å².